The van der Waals surface area contributed by atoms with Crippen molar-refractivity contribution >= 4 is 23.6 Å². The molecule has 0 saturated heterocycles. The van der Waals surface area contributed by atoms with Crippen LogP contribution < -0.4 is 14.2 Å². The Bertz CT molecular complexity index is 1410. The highest BCUT2D eigenvalue weighted by Gasteiger charge is 2.15. The second kappa shape index (κ2) is 11.6. The Balaban J connectivity index is 1.29. The van der Waals surface area contributed by atoms with E-state index in [1.165, 1.54) is 0 Å². The number of nitrogens with zero attached hydrogens (tertiary/aromatic N) is 2. The summed E-state index contributed by atoms with van der Waals surface area (Å²) in [6.07, 6.45) is 5.01. The first-order valence-electron chi connectivity index (χ1n) is 11.9. The number of pyridine rings is 1. The molecule has 186 valence electrons. The zero-order valence-corrected chi connectivity index (χ0v) is 20.8. The normalized spacial score (nSPS) is 12.0. The SMILES string of the molecule is O=C(/C=C/c1ccccc1Cl)N(Cc1cccc(OCc2ccc3c(c2)OCO3)c1)Cc1ccccn1. The van der Waals surface area contributed by atoms with Gasteiger partial charge in [0.25, 0.3) is 0 Å². The summed E-state index contributed by atoms with van der Waals surface area (Å²) < 4.78 is 16.8. The van der Waals surface area contributed by atoms with Gasteiger partial charge >= 0.3 is 0 Å². The van der Waals surface area contributed by atoms with Gasteiger partial charge in [-0.1, -0.05) is 54.1 Å². The van der Waals surface area contributed by atoms with Crippen LogP contribution in [0, 0.1) is 0 Å². The number of ether oxygens (including phenoxy) is 3. The van der Waals surface area contributed by atoms with Gasteiger partial charge in [0, 0.05) is 23.8 Å². The number of rotatable bonds is 9. The molecule has 37 heavy (non-hydrogen) atoms. The molecule has 0 aliphatic carbocycles. The molecule has 0 saturated carbocycles. The van der Waals surface area contributed by atoms with E-state index >= 15 is 0 Å². The number of benzene rings is 3. The third-order valence-corrected chi connectivity index (χ3v) is 6.16. The van der Waals surface area contributed by atoms with Crippen LogP contribution in [-0.2, 0) is 24.5 Å². The van der Waals surface area contributed by atoms with Crippen LogP contribution in [0.2, 0.25) is 5.02 Å². The first-order valence-corrected chi connectivity index (χ1v) is 12.2. The molecule has 0 fully saturated rings. The number of carbonyl (C=O) groups excluding carboxylic acids is 1. The van der Waals surface area contributed by atoms with Crippen LogP contribution in [0.3, 0.4) is 0 Å². The van der Waals surface area contributed by atoms with Crippen molar-refractivity contribution in [2.45, 2.75) is 19.7 Å². The van der Waals surface area contributed by atoms with Gasteiger partial charge in [0.1, 0.15) is 12.4 Å². The van der Waals surface area contributed by atoms with E-state index in [1.807, 2.05) is 78.9 Å². The standard InChI is InChI=1S/C30H25ClN2O4/c31-27-10-2-1-7-24(27)12-14-30(34)33(19-25-8-3-4-15-32-25)18-22-6-5-9-26(16-22)35-20-23-11-13-28-29(17-23)37-21-36-28/h1-17H,18-21H2/b14-12+. The molecule has 0 radical (unpaired) electrons. The second-order valence-electron chi connectivity index (χ2n) is 8.49. The van der Waals surface area contributed by atoms with Crippen LogP contribution in [-0.4, -0.2) is 22.6 Å². The van der Waals surface area contributed by atoms with Crippen molar-refractivity contribution in [2.24, 2.45) is 0 Å². The molecule has 3 aromatic carbocycles. The van der Waals surface area contributed by atoms with Gasteiger partial charge in [-0.15, -0.1) is 0 Å². The summed E-state index contributed by atoms with van der Waals surface area (Å²) in [6, 6.07) is 26.6. The second-order valence-corrected chi connectivity index (χ2v) is 8.90. The zero-order valence-electron chi connectivity index (χ0n) is 20.0. The van der Waals surface area contributed by atoms with Gasteiger partial charge in [-0.05, 0) is 65.2 Å². The topological polar surface area (TPSA) is 60.9 Å². The zero-order chi connectivity index (χ0) is 25.5. The van der Waals surface area contributed by atoms with Gasteiger partial charge in [0.2, 0.25) is 12.7 Å². The smallest absolute Gasteiger partial charge is 0.247 e. The Morgan fingerprint density at radius 1 is 0.919 bits per heavy atom. The predicted molar refractivity (Wildman–Crippen MR) is 142 cm³/mol. The van der Waals surface area contributed by atoms with E-state index in [-0.39, 0.29) is 12.7 Å². The summed E-state index contributed by atoms with van der Waals surface area (Å²) in [6.45, 7) is 1.39. The van der Waals surface area contributed by atoms with Gasteiger partial charge < -0.3 is 19.1 Å². The molecule has 0 N–H and O–H groups in total. The van der Waals surface area contributed by atoms with Crippen LogP contribution in [0.15, 0.2) is 97.2 Å². The fourth-order valence-corrected chi connectivity index (χ4v) is 4.13. The van der Waals surface area contributed by atoms with Crippen molar-refractivity contribution in [1.82, 2.24) is 9.88 Å². The molecule has 1 aromatic heterocycles. The summed E-state index contributed by atoms with van der Waals surface area (Å²) >= 11 is 6.25. The number of hydrogen-bond donors (Lipinski definition) is 0. The fraction of sp³-hybridized carbons (Fsp3) is 0.133. The van der Waals surface area contributed by atoms with Crippen LogP contribution in [0.25, 0.3) is 6.08 Å². The van der Waals surface area contributed by atoms with Gasteiger partial charge in [-0.3, -0.25) is 9.78 Å². The molecule has 7 heteroatoms. The van der Waals surface area contributed by atoms with Crippen molar-refractivity contribution < 1.29 is 19.0 Å². The minimum absolute atomic E-state index is 0.141. The molecular formula is C30H25ClN2O4. The Labute approximate surface area is 220 Å². The lowest BCUT2D eigenvalue weighted by atomic mass is 10.1. The molecule has 1 aliphatic rings. The minimum atomic E-state index is -0.141. The monoisotopic (exact) mass is 512 g/mol. The maximum absolute atomic E-state index is 13.2. The highest BCUT2D eigenvalue weighted by molar-refractivity contribution is 6.32. The fourth-order valence-electron chi connectivity index (χ4n) is 3.93. The van der Waals surface area contributed by atoms with Gasteiger partial charge in [0.15, 0.2) is 11.5 Å². The predicted octanol–water partition coefficient (Wildman–Crippen LogP) is 6.28. The van der Waals surface area contributed by atoms with Crippen LogP contribution in [0.1, 0.15) is 22.4 Å². The Hall–Kier alpha value is -4.29. The average molecular weight is 513 g/mol. The molecule has 4 aromatic rings. The number of amides is 1. The van der Waals surface area contributed by atoms with Crippen LogP contribution in [0.5, 0.6) is 17.2 Å². The molecule has 6 nitrogen and oxygen atoms in total. The molecule has 0 bridgehead atoms. The molecule has 5 rings (SSSR count). The number of fused-ring (bicyclic) bond motifs is 1. The lowest BCUT2D eigenvalue weighted by Gasteiger charge is -2.21. The van der Waals surface area contributed by atoms with E-state index in [0.29, 0.717) is 30.5 Å². The van der Waals surface area contributed by atoms with E-state index in [4.69, 9.17) is 25.8 Å². The maximum Gasteiger partial charge on any atom is 0.247 e. The molecular weight excluding hydrogens is 488 g/mol. The van der Waals surface area contributed by atoms with E-state index in [0.717, 1.165) is 33.9 Å². The summed E-state index contributed by atoms with van der Waals surface area (Å²) in [5.41, 5.74) is 3.51. The Morgan fingerprint density at radius 2 is 1.78 bits per heavy atom. The summed E-state index contributed by atoms with van der Waals surface area (Å²) in [4.78, 5) is 19.4. The lowest BCUT2D eigenvalue weighted by Crippen LogP contribution is -2.28. The first-order chi connectivity index (χ1) is 18.1. The molecule has 0 atom stereocenters. The average Bonchev–Trinajstić information content (AvgIpc) is 3.40. The summed E-state index contributed by atoms with van der Waals surface area (Å²) in [7, 11) is 0. The molecule has 1 amide bonds. The molecule has 0 spiro atoms. The van der Waals surface area contributed by atoms with Crippen LogP contribution in [0.4, 0.5) is 0 Å². The molecule has 1 aliphatic heterocycles. The van der Waals surface area contributed by atoms with Crippen molar-refractivity contribution in [3.63, 3.8) is 0 Å². The van der Waals surface area contributed by atoms with E-state index in [2.05, 4.69) is 4.98 Å². The highest BCUT2D eigenvalue weighted by atomic mass is 35.5. The summed E-state index contributed by atoms with van der Waals surface area (Å²) in [5.74, 6) is 2.04. The molecule has 2 heterocycles. The van der Waals surface area contributed by atoms with E-state index in [9.17, 15) is 4.79 Å². The largest absolute Gasteiger partial charge is 0.489 e. The van der Waals surface area contributed by atoms with Crippen LogP contribution >= 0.6 is 11.6 Å². The maximum atomic E-state index is 13.2. The van der Waals surface area contributed by atoms with E-state index in [1.54, 1.807) is 29.3 Å². The minimum Gasteiger partial charge on any atom is -0.489 e. The first kappa shape index (κ1) is 24.4. The summed E-state index contributed by atoms with van der Waals surface area (Å²) in [5, 5.41) is 0.593. The van der Waals surface area contributed by atoms with Crippen molar-refractivity contribution in [2.75, 3.05) is 6.79 Å². The third kappa shape index (κ3) is 6.48. The van der Waals surface area contributed by atoms with Crippen molar-refractivity contribution in [3.8, 4) is 17.2 Å². The quantitative estimate of drug-likeness (QED) is 0.247. The third-order valence-electron chi connectivity index (χ3n) is 5.82. The van der Waals surface area contributed by atoms with E-state index < -0.39 is 0 Å². The van der Waals surface area contributed by atoms with Crippen molar-refractivity contribution in [3.05, 3.63) is 125 Å². The number of aromatic nitrogens is 1. The number of carbonyl (C=O) groups is 1. The highest BCUT2D eigenvalue weighted by Crippen LogP contribution is 2.32. The van der Waals surface area contributed by atoms with Crippen molar-refractivity contribution in [1.29, 1.82) is 0 Å². The van der Waals surface area contributed by atoms with Gasteiger partial charge in [-0.25, -0.2) is 0 Å². The van der Waals surface area contributed by atoms with Gasteiger partial charge in [0.05, 0.1) is 12.2 Å². The lowest BCUT2D eigenvalue weighted by molar-refractivity contribution is -0.127. The Morgan fingerprint density at radius 3 is 2.65 bits per heavy atom. The van der Waals surface area contributed by atoms with Gasteiger partial charge in [-0.2, -0.15) is 0 Å². The number of hydrogen-bond acceptors (Lipinski definition) is 5. The Kier molecular flexibility index (Phi) is 7.67. The number of halogens is 1. The molecule has 0 unspecified atom stereocenters.